The molecule has 0 N–H and O–H groups in total. The smallest absolute Gasteiger partial charge is 0.143 e. The Balaban J connectivity index is 1.27. The molecule has 0 atom stereocenters. The van der Waals surface area contributed by atoms with Gasteiger partial charge in [-0.15, -0.1) is 0 Å². The summed E-state index contributed by atoms with van der Waals surface area (Å²) >= 11 is 0. The third-order valence-corrected chi connectivity index (χ3v) is 9.79. The minimum absolute atomic E-state index is 0.918. The maximum atomic E-state index is 6.80. The Morgan fingerprint density at radius 1 is 0.319 bits per heavy atom. The zero-order chi connectivity index (χ0) is 30.9. The summed E-state index contributed by atoms with van der Waals surface area (Å²) in [6.45, 7) is 0. The number of hydrogen-bond donors (Lipinski definition) is 0. The topological polar surface area (TPSA) is 13.1 Å². The van der Waals surface area contributed by atoms with Crippen LogP contribution in [-0.2, 0) is 0 Å². The van der Waals surface area contributed by atoms with E-state index in [1.54, 1.807) is 0 Å². The first-order chi connectivity index (χ1) is 23.3. The standard InChI is InChI=1S/C46H28O/c1-2-13-29(14-3-1)43-36-21-8-10-23-38(36)44(39-24-11-9-22-37(39)43)34-19-12-18-32(25-34)40-27-33-17-6-7-20-35(33)45-41-26-30-15-4-5-16-31(30)28-42(41)47-46(40)45/h1-28H. The van der Waals surface area contributed by atoms with Gasteiger partial charge in [-0.2, -0.15) is 0 Å². The second kappa shape index (κ2) is 10.2. The van der Waals surface area contributed by atoms with Crippen molar-refractivity contribution >= 4 is 65.0 Å². The maximum absolute atomic E-state index is 6.80. The van der Waals surface area contributed by atoms with Crippen LogP contribution in [-0.4, -0.2) is 0 Å². The Hall–Kier alpha value is -6.18. The number of furan rings is 1. The maximum Gasteiger partial charge on any atom is 0.143 e. The molecule has 218 valence electrons. The molecule has 1 heteroatoms. The third-order valence-electron chi connectivity index (χ3n) is 9.79. The van der Waals surface area contributed by atoms with E-state index in [0.29, 0.717) is 0 Å². The molecule has 0 spiro atoms. The lowest BCUT2D eigenvalue weighted by molar-refractivity contribution is 0.671. The fraction of sp³-hybridized carbons (Fsp3) is 0. The Labute approximate surface area is 271 Å². The molecule has 9 aromatic carbocycles. The van der Waals surface area contributed by atoms with E-state index in [4.69, 9.17) is 4.42 Å². The van der Waals surface area contributed by atoms with Crippen molar-refractivity contribution in [2.75, 3.05) is 0 Å². The highest BCUT2D eigenvalue weighted by atomic mass is 16.3. The van der Waals surface area contributed by atoms with Crippen molar-refractivity contribution in [3.05, 3.63) is 170 Å². The summed E-state index contributed by atoms with van der Waals surface area (Å²) in [5.74, 6) is 0. The van der Waals surface area contributed by atoms with Crippen LogP contribution in [0.15, 0.2) is 174 Å². The van der Waals surface area contributed by atoms with Gasteiger partial charge in [0.15, 0.2) is 0 Å². The molecule has 0 bridgehead atoms. The molecule has 10 rings (SSSR count). The summed E-state index contributed by atoms with van der Waals surface area (Å²) in [4.78, 5) is 0. The summed E-state index contributed by atoms with van der Waals surface area (Å²) in [5.41, 5.74) is 9.06. The lowest BCUT2D eigenvalue weighted by Crippen LogP contribution is -1.91. The second-order valence-corrected chi connectivity index (χ2v) is 12.4. The average Bonchev–Trinajstić information content (AvgIpc) is 3.51. The van der Waals surface area contributed by atoms with E-state index in [9.17, 15) is 0 Å². The van der Waals surface area contributed by atoms with Gasteiger partial charge in [0.05, 0.1) is 0 Å². The van der Waals surface area contributed by atoms with E-state index < -0.39 is 0 Å². The average molecular weight is 597 g/mol. The fourth-order valence-electron chi connectivity index (χ4n) is 7.72. The number of fused-ring (bicyclic) bond motifs is 8. The van der Waals surface area contributed by atoms with E-state index in [0.717, 1.165) is 27.7 Å². The van der Waals surface area contributed by atoms with Crippen LogP contribution in [0.25, 0.3) is 98.4 Å². The van der Waals surface area contributed by atoms with Crippen LogP contribution in [0.1, 0.15) is 0 Å². The molecule has 0 amide bonds. The molecular weight excluding hydrogens is 569 g/mol. The number of rotatable bonds is 3. The molecule has 1 aromatic heterocycles. The first kappa shape index (κ1) is 26.1. The molecule has 0 aliphatic heterocycles. The number of benzene rings is 9. The zero-order valence-electron chi connectivity index (χ0n) is 25.6. The minimum Gasteiger partial charge on any atom is -0.455 e. The lowest BCUT2D eigenvalue weighted by Gasteiger charge is -2.18. The van der Waals surface area contributed by atoms with Gasteiger partial charge in [0.25, 0.3) is 0 Å². The molecule has 1 heterocycles. The van der Waals surface area contributed by atoms with Gasteiger partial charge in [-0.05, 0) is 95.2 Å². The largest absolute Gasteiger partial charge is 0.455 e. The quantitative estimate of drug-likeness (QED) is 0.185. The zero-order valence-corrected chi connectivity index (χ0v) is 25.6. The predicted molar refractivity (Wildman–Crippen MR) is 200 cm³/mol. The highest BCUT2D eigenvalue weighted by molar-refractivity contribution is 6.25. The van der Waals surface area contributed by atoms with Crippen LogP contribution in [0.4, 0.5) is 0 Å². The molecule has 0 aliphatic rings. The van der Waals surface area contributed by atoms with E-state index >= 15 is 0 Å². The van der Waals surface area contributed by atoms with E-state index in [1.165, 1.54) is 70.7 Å². The summed E-state index contributed by atoms with van der Waals surface area (Å²) in [6.07, 6.45) is 0. The van der Waals surface area contributed by atoms with Crippen molar-refractivity contribution in [3.8, 4) is 33.4 Å². The summed E-state index contributed by atoms with van der Waals surface area (Å²) in [7, 11) is 0. The van der Waals surface area contributed by atoms with Crippen molar-refractivity contribution < 1.29 is 4.42 Å². The van der Waals surface area contributed by atoms with Crippen LogP contribution in [0.5, 0.6) is 0 Å². The van der Waals surface area contributed by atoms with Gasteiger partial charge < -0.3 is 4.42 Å². The van der Waals surface area contributed by atoms with Gasteiger partial charge >= 0.3 is 0 Å². The van der Waals surface area contributed by atoms with E-state index in [2.05, 4.69) is 170 Å². The highest BCUT2D eigenvalue weighted by Crippen LogP contribution is 2.46. The monoisotopic (exact) mass is 596 g/mol. The highest BCUT2D eigenvalue weighted by Gasteiger charge is 2.19. The van der Waals surface area contributed by atoms with Crippen molar-refractivity contribution in [1.82, 2.24) is 0 Å². The SMILES string of the molecule is c1ccc(-c2c3ccccc3c(-c3cccc(-c4cc5ccccc5c5c4oc4cc6ccccc6cc45)c3)c3ccccc23)cc1. The Morgan fingerprint density at radius 2 is 0.830 bits per heavy atom. The Morgan fingerprint density at radius 3 is 1.51 bits per heavy atom. The molecule has 1 nitrogen and oxygen atoms in total. The van der Waals surface area contributed by atoms with Gasteiger partial charge in [-0.3, -0.25) is 0 Å². The van der Waals surface area contributed by atoms with Gasteiger partial charge in [0.1, 0.15) is 11.2 Å². The molecule has 0 aliphatic carbocycles. The van der Waals surface area contributed by atoms with Gasteiger partial charge in [0, 0.05) is 16.3 Å². The number of hydrogen-bond acceptors (Lipinski definition) is 1. The van der Waals surface area contributed by atoms with Gasteiger partial charge in [0.2, 0.25) is 0 Å². The summed E-state index contributed by atoms with van der Waals surface area (Å²) in [5, 5.41) is 12.2. The Bertz CT molecular complexity index is 2780. The predicted octanol–water partition coefficient (Wildman–Crippen LogP) is 13.2. The molecule has 0 saturated heterocycles. The van der Waals surface area contributed by atoms with Crippen LogP contribution < -0.4 is 0 Å². The van der Waals surface area contributed by atoms with Crippen molar-refractivity contribution in [3.63, 3.8) is 0 Å². The van der Waals surface area contributed by atoms with E-state index in [-0.39, 0.29) is 0 Å². The van der Waals surface area contributed by atoms with Gasteiger partial charge in [-0.25, -0.2) is 0 Å². The first-order valence-corrected chi connectivity index (χ1v) is 16.2. The molecule has 10 aromatic rings. The molecule has 0 saturated carbocycles. The molecule has 0 fully saturated rings. The minimum atomic E-state index is 0.918. The molecule has 0 radical (unpaired) electrons. The molecule has 0 unspecified atom stereocenters. The Kier molecular flexibility index (Phi) is 5.64. The van der Waals surface area contributed by atoms with Crippen molar-refractivity contribution in [2.24, 2.45) is 0 Å². The van der Waals surface area contributed by atoms with Crippen molar-refractivity contribution in [2.45, 2.75) is 0 Å². The van der Waals surface area contributed by atoms with Crippen LogP contribution in [0.3, 0.4) is 0 Å². The molecular formula is C46H28O. The second-order valence-electron chi connectivity index (χ2n) is 12.4. The van der Waals surface area contributed by atoms with Crippen LogP contribution in [0.2, 0.25) is 0 Å². The molecule has 47 heavy (non-hydrogen) atoms. The third kappa shape index (κ3) is 3.97. The van der Waals surface area contributed by atoms with Gasteiger partial charge in [-0.1, -0.05) is 146 Å². The van der Waals surface area contributed by atoms with Crippen LogP contribution in [0, 0.1) is 0 Å². The normalized spacial score (nSPS) is 11.8. The fourth-order valence-corrected chi connectivity index (χ4v) is 7.72. The summed E-state index contributed by atoms with van der Waals surface area (Å²) < 4.78 is 6.80. The lowest BCUT2D eigenvalue weighted by atomic mass is 9.85. The van der Waals surface area contributed by atoms with E-state index in [1.807, 2.05) is 0 Å². The van der Waals surface area contributed by atoms with Crippen LogP contribution >= 0.6 is 0 Å². The van der Waals surface area contributed by atoms with Crippen molar-refractivity contribution in [1.29, 1.82) is 0 Å². The first-order valence-electron chi connectivity index (χ1n) is 16.2. The summed E-state index contributed by atoms with van der Waals surface area (Å²) in [6, 6.07) is 61.5.